The fraction of sp³-hybridized carbons (Fsp3) is 0.400. The lowest BCUT2D eigenvalue weighted by molar-refractivity contribution is -0.144. The summed E-state index contributed by atoms with van der Waals surface area (Å²) < 4.78 is 44.0. The van der Waals surface area contributed by atoms with Crippen LogP contribution in [-0.4, -0.2) is 43.2 Å². The number of ether oxygens (including phenoxy) is 1. The standard InChI is InChI=1S/C10H11FN2O5S/c11-7-3-8(5-12-4-7)19(16,17)13-10(9(14)15)1-2-18-6-10/h3-5,13H,1-2,6H2,(H,14,15). The minimum absolute atomic E-state index is 0.00427. The van der Waals surface area contributed by atoms with Crippen LogP contribution in [0.1, 0.15) is 6.42 Å². The zero-order chi connectivity index (χ0) is 14.1. The number of rotatable bonds is 4. The van der Waals surface area contributed by atoms with Gasteiger partial charge < -0.3 is 9.84 Å². The summed E-state index contributed by atoms with van der Waals surface area (Å²) in [5.41, 5.74) is -1.72. The van der Waals surface area contributed by atoms with Crippen molar-refractivity contribution in [1.29, 1.82) is 0 Å². The van der Waals surface area contributed by atoms with Crippen molar-refractivity contribution in [2.24, 2.45) is 0 Å². The number of hydrogen-bond acceptors (Lipinski definition) is 5. The van der Waals surface area contributed by atoms with Gasteiger partial charge in [-0.15, -0.1) is 0 Å². The molecule has 0 spiro atoms. The number of pyridine rings is 1. The summed E-state index contributed by atoms with van der Waals surface area (Å²) in [5.74, 6) is -2.16. The Balaban J connectivity index is 2.33. The summed E-state index contributed by atoms with van der Waals surface area (Å²) in [5, 5.41) is 9.13. The van der Waals surface area contributed by atoms with Crippen LogP contribution in [0.3, 0.4) is 0 Å². The highest BCUT2D eigenvalue weighted by atomic mass is 32.2. The van der Waals surface area contributed by atoms with Gasteiger partial charge in [0.2, 0.25) is 10.0 Å². The van der Waals surface area contributed by atoms with Crippen LogP contribution >= 0.6 is 0 Å². The van der Waals surface area contributed by atoms with E-state index < -0.39 is 32.2 Å². The molecule has 0 radical (unpaired) electrons. The van der Waals surface area contributed by atoms with Crippen molar-refractivity contribution < 1.29 is 27.4 Å². The van der Waals surface area contributed by atoms with Gasteiger partial charge in [0.05, 0.1) is 12.8 Å². The summed E-state index contributed by atoms with van der Waals surface area (Å²) >= 11 is 0. The van der Waals surface area contributed by atoms with Gasteiger partial charge in [-0.1, -0.05) is 0 Å². The number of carboxylic acid groups (broad SMARTS) is 1. The Bertz CT molecular complexity index is 598. The first-order chi connectivity index (χ1) is 8.86. The molecule has 1 aliphatic heterocycles. The number of sulfonamides is 1. The number of halogens is 1. The van der Waals surface area contributed by atoms with Crippen molar-refractivity contribution in [3.8, 4) is 0 Å². The molecule has 1 saturated heterocycles. The smallest absolute Gasteiger partial charge is 0.327 e. The number of hydrogen-bond donors (Lipinski definition) is 2. The van der Waals surface area contributed by atoms with E-state index in [1.165, 1.54) is 0 Å². The van der Waals surface area contributed by atoms with Gasteiger partial charge >= 0.3 is 5.97 Å². The van der Waals surface area contributed by atoms with Crippen molar-refractivity contribution in [2.45, 2.75) is 16.9 Å². The normalized spacial score (nSPS) is 23.4. The molecule has 0 amide bonds. The first-order valence-corrected chi connectivity index (χ1v) is 6.80. The van der Waals surface area contributed by atoms with Crippen molar-refractivity contribution in [3.63, 3.8) is 0 Å². The van der Waals surface area contributed by atoms with E-state index >= 15 is 0 Å². The van der Waals surface area contributed by atoms with Crippen LogP contribution in [-0.2, 0) is 19.6 Å². The number of aliphatic carboxylic acids is 1. The monoisotopic (exact) mass is 290 g/mol. The SMILES string of the molecule is O=C(O)C1(NS(=O)(=O)c2cncc(F)c2)CCOC1. The molecule has 7 nitrogen and oxygen atoms in total. The highest BCUT2D eigenvalue weighted by molar-refractivity contribution is 7.89. The molecule has 0 bridgehead atoms. The fourth-order valence-electron chi connectivity index (χ4n) is 1.71. The van der Waals surface area contributed by atoms with Crippen LogP contribution in [0.15, 0.2) is 23.4 Å². The predicted octanol–water partition coefficient (Wildman–Crippen LogP) is -0.257. The van der Waals surface area contributed by atoms with Gasteiger partial charge in [0.15, 0.2) is 5.54 Å². The molecular weight excluding hydrogens is 279 g/mol. The highest BCUT2D eigenvalue weighted by Crippen LogP contribution is 2.22. The lowest BCUT2D eigenvalue weighted by Gasteiger charge is -2.23. The Labute approximate surface area is 108 Å². The Morgan fingerprint density at radius 1 is 1.53 bits per heavy atom. The molecule has 2 heterocycles. The van der Waals surface area contributed by atoms with Crippen LogP contribution in [0.5, 0.6) is 0 Å². The largest absolute Gasteiger partial charge is 0.480 e. The second-order valence-corrected chi connectivity index (χ2v) is 5.82. The third kappa shape index (κ3) is 2.72. The minimum atomic E-state index is -4.18. The molecule has 1 unspecified atom stereocenters. The maximum Gasteiger partial charge on any atom is 0.327 e. The number of carboxylic acids is 1. The number of aromatic nitrogens is 1. The van der Waals surface area contributed by atoms with E-state index in [2.05, 4.69) is 9.71 Å². The molecular formula is C10H11FN2O5S. The molecule has 0 aliphatic carbocycles. The topological polar surface area (TPSA) is 106 Å². The molecule has 1 aromatic heterocycles. The predicted molar refractivity (Wildman–Crippen MR) is 60.3 cm³/mol. The molecule has 1 fully saturated rings. The first kappa shape index (κ1) is 13.8. The van der Waals surface area contributed by atoms with Gasteiger partial charge in [-0.25, -0.2) is 12.8 Å². The number of carbonyl (C=O) groups is 1. The van der Waals surface area contributed by atoms with Crippen LogP contribution in [0, 0.1) is 5.82 Å². The molecule has 0 saturated carbocycles. The molecule has 2 N–H and O–H groups in total. The van der Waals surface area contributed by atoms with E-state index in [9.17, 15) is 17.6 Å². The van der Waals surface area contributed by atoms with E-state index in [-0.39, 0.29) is 19.6 Å². The van der Waals surface area contributed by atoms with Crippen molar-refractivity contribution in [2.75, 3.05) is 13.2 Å². The van der Waals surface area contributed by atoms with Crippen molar-refractivity contribution >= 4 is 16.0 Å². The van der Waals surface area contributed by atoms with E-state index in [0.29, 0.717) is 0 Å². The van der Waals surface area contributed by atoms with Crippen molar-refractivity contribution in [3.05, 3.63) is 24.3 Å². The van der Waals surface area contributed by atoms with Gasteiger partial charge in [-0.2, -0.15) is 4.72 Å². The van der Waals surface area contributed by atoms with Gasteiger partial charge in [0.25, 0.3) is 0 Å². The Morgan fingerprint density at radius 2 is 2.26 bits per heavy atom. The molecule has 1 atom stereocenters. The molecule has 19 heavy (non-hydrogen) atoms. The fourth-order valence-corrected chi connectivity index (χ4v) is 3.06. The van der Waals surface area contributed by atoms with E-state index in [1.807, 2.05) is 0 Å². The lowest BCUT2D eigenvalue weighted by Crippen LogP contribution is -2.55. The highest BCUT2D eigenvalue weighted by Gasteiger charge is 2.46. The Morgan fingerprint density at radius 3 is 2.79 bits per heavy atom. The van der Waals surface area contributed by atoms with Crippen LogP contribution in [0.25, 0.3) is 0 Å². The zero-order valence-corrected chi connectivity index (χ0v) is 10.5. The maximum atomic E-state index is 13.0. The van der Waals surface area contributed by atoms with Gasteiger partial charge in [0, 0.05) is 19.2 Å². The molecule has 1 aromatic rings. The second-order valence-electron chi connectivity index (χ2n) is 4.13. The van der Waals surface area contributed by atoms with Gasteiger partial charge in [-0.05, 0) is 6.07 Å². The van der Waals surface area contributed by atoms with Crippen molar-refractivity contribution in [1.82, 2.24) is 9.71 Å². The Hall–Kier alpha value is -1.58. The van der Waals surface area contributed by atoms with Gasteiger partial charge in [-0.3, -0.25) is 9.78 Å². The Kier molecular flexibility index (Phi) is 3.52. The third-order valence-corrected chi connectivity index (χ3v) is 4.25. The average Bonchev–Trinajstić information content (AvgIpc) is 2.78. The van der Waals surface area contributed by atoms with E-state index in [0.717, 1.165) is 18.5 Å². The molecule has 0 aromatic carbocycles. The third-order valence-electron chi connectivity index (χ3n) is 2.75. The molecule has 2 rings (SSSR count). The zero-order valence-electron chi connectivity index (χ0n) is 9.67. The maximum absolute atomic E-state index is 13.0. The van der Waals surface area contributed by atoms with E-state index in [4.69, 9.17) is 9.84 Å². The summed E-state index contributed by atoms with van der Waals surface area (Å²) in [6.45, 7) is -0.138. The van der Waals surface area contributed by atoms with Gasteiger partial charge in [0.1, 0.15) is 10.7 Å². The summed E-state index contributed by atoms with van der Waals surface area (Å²) in [7, 11) is -4.18. The van der Waals surface area contributed by atoms with E-state index in [1.54, 1.807) is 0 Å². The average molecular weight is 290 g/mol. The lowest BCUT2D eigenvalue weighted by atomic mass is 10.0. The summed E-state index contributed by atoms with van der Waals surface area (Å²) in [6.07, 6.45) is 1.80. The van der Waals surface area contributed by atoms with Crippen LogP contribution in [0.4, 0.5) is 4.39 Å². The summed E-state index contributed by atoms with van der Waals surface area (Å²) in [6, 6.07) is 0.765. The molecule has 9 heteroatoms. The quantitative estimate of drug-likeness (QED) is 0.791. The first-order valence-electron chi connectivity index (χ1n) is 5.31. The van der Waals surface area contributed by atoms with Crippen LogP contribution < -0.4 is 4.72 Å². The second kappa shape index (κ2) is 4.83. The summed E-state index contributed by atoms with van der Waals surface area (Å²) in [4.78, 5) is 14.2. The molecule has 104 valence electrons. The van der Waals surface area contributed by atoms with Crippen LogP contribution in [0.2, 0.25) is 0 Å². The number of nitrogens with zero attached hydrogens (tertiary/aromatic N) is 1. The molecule has 1 aliphatic rings. The number of nitrogens with one attached hydrogen (secondary N) is 1. The minimum Gasteiger partial charge on any atom is -0.480 e.